The van der Waals surface area contributed by atoms with Crippen LogP contribution < -0.4 is 0 Å². The van der Waals surface area contributed by atoms with Crippen LogP contribution in [0.1, 0.15) is 0 Å². The van der Waals surface area contributed by atoms with Gasteiger partial charge in [0.05, 0.1) is 0 Å². The molecule has 236 valence electrons. The van der Waals surface area contributed by atoms with Gasteiger partial charge in [0.1, 0.15) is 0 Å². The maximum atomic E-state index is 15.4. The van der Waals surface area contributed by atoms with Crippen LogP contribution in [-0.2, 0) is 9.68 Å². The first-order valence-electron chi connectivity index (χ1n) is 8.86. The zero-order valence-corrected chi connectivity index (χ0v) is 16.9. The molecule has 40 heavy (non-hydrogen) atoms. The summed E-state index contributed by atoms with van der Waals surface area (Å²) >= 11 is 0. The quantitative estimate of drug-likeness (QED) is 0.302. The van der Waals surface area contributed by atoms with E-state index in [1.54, 1.807) is 0 Å². The first-order chi connectivity index (χ1) is 17.0. The van der Waals surface area contributed by atoms with Crippen molar-refractivity contribution in [2.45, 2.75) is 82.2 Å². The lowest BCUT2D eigenvalue weighted by Crippen LogP contribution is -3.11. The Kier molecular flexibility index (Phi) is 5.64. The van der Waals surface area contributed by atoms with Crippen LogP contribution in [0.4, 0.5) is 106 Å². The fourth-order valence-corrected chi connectivity index (χ4v) is 4.99. The number of hydrogen-bond donors (Lipinski definition) is 0. The van der Waals surface area contributed by atoms with E-state index in [1.165, 1.54) is 4.74 Å². The normalized spacial score (nSPS) is 44.4. The third kappa shape index (κ3) is 2.22. The monoisotopic (exact) mass is 656 g/mol. The van der Waals surface area contributed by atoms with Crippen LogP contribution in [0, 0.1) is 0 Å². The summed E-state index contributed by atoms with van der Waals surface area (Å²) < 4.78 is 339. The van der Waals surface area contributed by atoms with Crippen LogP contribution in [0.5, 0.6) is 0 Å². The Morgan fingerprint density at radius 1 is 0.400 bits per heavy atom. The highest BCUT2D eigenvalue weighted by Crippen LogP contribution is 2.90. The molecular weight excluding hydrogens is 656 g/mol. The second-order valence-corrected chi connectivity index (χ2v) is 8.47. The van der Waals surface area contributed by atoms with E-state index in [2.05, 4.69) is 0 Å². The lowest BCUT2D eigenvalue weighted by atomic mass is 9.37. The minimum atomic E-state index is -9.31. The Morgan fingerprint density at radius 2 is 0.650 bits per heavy atom. The summed E-state index contributed by atoms with van der Waals surface area (Å²) in [5.41, 5.74) is -45.0. The van der Waals surface area contributed by atoms with Gasteiger partial charge in [-0.1, -0.05) is 0 Å². The fourth-order valence-electron chi connectivity index (χ4n) is 4.99. The minimum Gasteiger partial charge on any atom is -0.291 e. The smallest absolute Gasteiger partial charge is 0.291 e. The first kappa shape index (κ1) is 32.8. The van der Waals surface area contributed by atoms with Gasteiger partial charge >= 0.3 is 65.3 Å². The van der Waals surface area contributed by atoms with Crippen molar-refractivity contribution in [3.8, 4) is 0 Å². The van der Waals surface area contributed by atoms with Crippen LogP contribution in [0.3, 0.4) is 0 Å². The van der Waals surface area contributed by atoms with Crippen molar-refractivity contribution < 1.29 is 115 Å². The van der Waals surface area contributed by atoms with Crippen LogP contribution in [0.2, 0.25) is 0 Å². The lowest BCUT2D eigenvalue weighted by Gasteiger charge is -2.76. The average molecular weight is 656 g/mol. The van der Waals surface area contributed by atoms with Crippen molar-refractivity contribution in [3.63, 3.8) is 0 Å². The molecule has 4 rings (SSSR count). The first-order valence-corrected chi connectivity index (χ1v) is 8.86. The van der Waals surface area contributed by atoms with Crippen LogP contribution in [0.25, 0.3) is 0 Å². The summed E-state index contributed by atoms with van der Waals surface area (Å²) in [5.74, 6) is -52.8. The van der Waals surface area contributed by atoms with Gasteiger partial charge in [0.2, 0.25) is 0 Å². The molecule has 0 amide bonds. The molecule has 0 aromatic rings. The number of halogens is 24. The molecular formula is C14F24O2. The maximum absolute atomic E-state index is 15.4. The zero-order valence-electron chi connectivity index (χ0n) is 16.9. The second-order valence-electron chi connectivity index (χ2n) is 8.47. The Labute approximate surface area is 199 Å². The van der Waals surface area contributed by atoms with E-state index in [0.29, 0.717) is 0 Å². The maximum Gasteiger partial charge on any atom is 0.461 e. The highest BCUT2D eigenvalue weighted by Gasteiger charge is 3.25. The van der Waals surface area contributed by atoms with E-state index < -0.39 is 82.2 Å². The third-order valence-corrected chi connectivity index (χ3v) is 6.82. The van der Waals surface area contributed by atoms with Crippen LogP contribution >= 0.6 is 0 Å². The minimum absolute atomic E-state index is 0.868. The summed E-state index contributed by atoms with van der Waals surface area (Å²) in [6.07, 6.45) is -25.8. The lowest BCUT2D eigenvalue weighted by molar-refractivity contribution is -0.639. The molecule has 0 N–H and O–H groups in total. The number of rotatable bonds is 4. The molecule has 0 spiro atoms. The van der Waals surface area contributed by atoms with Crippen molar-refractivity contribution in [1.82, 2.24) is 0 Å². The highest BCUT2D eigenvalue weighted by molar-refractivity contribution is 5.56. The predicted octanol–water partition coefficient (Wildman–Crippen LogP) is 7.08. The van der Waals surface area contributed by atoms with Crippen LogP contribution in [0.15, 0.2) is 0 Å². The molecule has 26 heteroatoms. The Bertz CT molecular complexity index is 1010. The van der Waals surface area contributed by atoms with Crippen molar-refractivity contribution in [1.29, 1.82) is 0 Å². The van der Waals surface area contributed by atoms with Crippen molar-refractivity contribution >= 4 is 0 Å². The molecule has 0 aromatic carbocycles. The SMILES string of the molecule is FOC(F)(C(F)(F)F)C(F)(F)OC1(C(F)(F)F)C2(F)C(F)(F)C3(F)C(F)(F)C(F)(C2(F)F)C(F)(F)C1(F)C3(F)F. The van der Waals surface area contributed by atoms with Crippen molar-refractivity contribution in [2.24, 2.45) is 0 Å². The second kappa shape index (κ2) is 6.89. The van der Waals surface area contributed by atoms with E-state index in [9.17, 15) is 96.7 Å². The van der Waals surface area contributed by atoms with E-state index >= 15 is 8.78 Å². The summed E-state index contributed by atoms with van der Waals surface area (Å²) in [6.45, 7) is 0. The van der Waals surface area contributed by atoms with Crippen molar-refractivity contribution in [3.05, 3.63) is 0 Å². The van der Waals surface area contributed by atoms with E-state index in [1.807, 2.05) is 0 Å². The fraction of sp³-hybridized carbons (Fsp3) is 1.00. The largest absolute Gasteiger partial charge is 0.461 e. The van der Waals surface area contributed by atoms with Gasteiger partial charge in [-0.25, -0.2) is 17.6 Å². The Morgan fingerprint density at radius 3 is 0.850 bits per heavy atom. The highest BCUT2D eigenvalue weighted by atomic mass is 19.4. The Balaban J connectivity index is 2.75. The molecule has 1 unspecified atom stereocenters. The number of alkyl halides is 23. The molecule has 4 saturated carbocycles. The van der Waals surface area contributed by atoms with Crippen molar-refractivity contribution in [2.75, 3.05) is 0 Å². The van der Waals surface area contributed by atoms with Gasteiger partial charge in [-0.3, -0.25) is 4.74 Å². The summed E-state index contributed by atoms with van der Waals surface area (Å²) in [6, 6.07) is 0. The molecule has 0 saturated heterocycles. The molecule has 0 aliphatic heterocycles. The van der Waals surface area contributed by atoms with Crippen LogP contribution in [-0.4, -0.2) is 82.2 Å². The van der Waals surface area contributed by atoms with Gasteiger partial charge in [-0.05, 0) is 4.53 Å². The molecule has 4 aliphatic carbocycles. The topological polar surface area (TPSA) is 18.5 Å². The van der Waals surface area contributed by atoms with E-state index in [-0.39, 0.29) is 0 Å². The molecule has 4 bridgehead atoms. The standard InChI is InChI=1S/C14F24O2/c15-1-5(12(30,31)32,39-14(36,37)11(29,40-38)13(33,34)35)2(16)8(23,24)3(17,6(1,19)20)10(27,28)4(18,7(1,21)22)9(2,25)26. The third-order valence-electron chi connectivity index (χ3n) is 6.82. The molecule has 4 fully saturated rings. The van der Waals surface area contributed by atoms with Gasteiger partial charge in [0.25, 0.3) is 16.9 Å². The van der Waals surface area contributed by atoms with Gasteiger partial charge in [0.15, 0.2) is 0 Å². The summed E-state index contributed by atoms with van der Waals surface area (Å²) in [5, 5.41) is 0. The molecule has 4 aliphatic rings. The summed E-state index contributed by atoms with van der Waals surface area (Å²) in [4.78, 5) is 0.868. The number of hydrogen-bond acceptors (Lipinski definition) is 2. The molecule has 0 radical (unpaired) electrons. The van der Waals surface area contributed by atoms with Gasteiger partial charge in [-0.15, -0.1) is 4.94 Å². The molecule has 1 atom stereocenters. The van der Waals surface area contributed by atoms with Gasteiger partial charge in [-0.2, -0.15) is 83.4 Å². The van der Waals surface area contributed by atoms with E-state index in [0.717, 1.165) is 4.94 Å². The molecule has 0 heterocycles. The van der Waals surface area contributed by atoms with Gasteiger partial charge in [0, 0.05) is 0 Å². The average Bonchev–Trinajstić information content (AvgIpc) is 2.74. The van der Waals surface area contributed by atoms with E-state index in [4.69, 9.17) is 0 Å². The Hall–Kier alpha value is -1.76. The number of ether oxygens (including phenoxy) is 1. The molecule has 0 aromatic heterocycles. The molecule has 2 nitrogen and oxygen atoms in total. The van der Waals surface area contributed by atoms with Gasteiger partial charge < -0.3 is 0 Å². The zero-order chi connectivity index (χ0) is 32.4. The summed E-state index contributed by atoms with van der Waals surface area (Å²) in [7, 11) is 0. The predicted molar refractivity (Wildman–Crippen MR) is 67.0 cm³/mol.